The lowest BCUT2D eigenvalue weighted by molar-refractivity contribution is -0.232. The molecule has 2 atom stereocenters. The molecule has 1 aliphatic heterocycles. The van der Waals surface area contributed by atoms with Crippen molar-refractivity contribution in [3.05, 3.63) is 12.7 Å². The van der Waals surface area contributed by atoms with E-state index in [1.165, 1.54) is 13.2 Å². The first-order valence-corrected chi connectivity index (χ1v) is 6.93. The van der Waals surface area contributed by atoms with Crippen molar-refractivity contribution in [3.8, 4) is 0 Å². The zero-order valence-electron chi connectivity index (χ0n) is 11.7. The highest BCUT2D eigenvalue weighted by molar-refractivity contribution is 5.76. The molecule has 0 spiro atoms. The Morgan fingerprint density at radius 2 is 2.25 bits per heavy atom. The first kappa shape index (κ1) is 14.8. The van der Waals surface area contributed by atoms with E-state index in [1.54, 1.807) is 0 Å². The van der Waals surface area contributed by atoms with E-state index in [0.717, 1.165) is 25.7 Å². The van der Waals surface area contributed by atoms with Gasteiger partial charge in [-0.05, 0) is 12.8 Å². The molecule has 0 aromatic heterocycles. The monoisotopic (exact) mass is 283 g/mol. The standard InChI is InChI=1S/C14H21NO5/c1-3-8-19-13(17)15-11-9-12(16)20-14(11,18-2)10-6-4-5-7-10/h3,10-11H,1,4-9H2,2H3,(H,15,17). The molecule has 0 aromatic rings. The van der Waals surface area contributed by atoms with E-state index in [0.29, 0.717) is 0 Å². The lowest BCUT2D eigenvalue weighted by atomic mass is 9.90. The molecular weight excluding hydrogens is 262 g/mol. The number of cyclic esters (lactones) is 1. The number of ether oxygens (including phenoxy) is 3. The third-order valence-corrected chi connectivity index (χ3v) is 4.00. The van der Waals surface area contributed by atoms with Gasteiger partial charge in [0.15, 0.2) is 0 Å². The largest absolute Gasteiger partial charge is 0.445 e. The van der Waals surface area contributed by atoms with Crippen LogP contribution in [0.25, 0.3) is 0 Å². The Balaban J connectivity index is 2.09. The average Bonchev–Trinajstić information content (AvgIpc) is 3.05. The van der Waals surface area contributed by atoms with Crippen molar-refractivity contribution in [1.82, 2.24) is 5.32 Å². The molecule has 6 heteroatoms. The van der Waals surface area contributed by atoms with Crippen molar-refractivity contribution in [1.29, 1.82) is 0 Å². The van der Waals surface area contributed by atoms with Crippen molar-refractivity contribution in [2.45, 2.75) is 43.9 Å². The normalized spacial score (nSPS) is 30.1. The molecular formula is C14H21NO5. The molecule has 1 heterocycles. The number of alkyl carbamates (subject to hydrolysis) is 1. The highest BCUT2D eigenvalue weighted by Gasteiger charge is 2.56. The lowest BCUT2D eigenvalue weighted by Gasteiger charge is -2.36. The van der Waals surface area contributed by atoms with Gasteiger partial charge in [-0.25, -0.2) is 4.79 Å². The predicted octanol–water partition coefficient (Wildman–Crippen LogP) is 1.75. The molecule has 1 saturated carbocycles. The van der Waals surface area contributed by atoms with Gasteiger partial charge < -0.3 is 19.5 Å². The van der Waals surface area contributed by atoms with Crippen LogP contribution in [-0.2, 0) is 19.0 Å². The van der Waals surface area contributed by atoms with E-state index in [4.69, 9.17) is 14.2 Å². The van der Waals surface area contributed by atoms with Crippen molar-refractivity contribution in [2.24, 2.45) is 5.92 Å². The lowest BCUT2D eigenvalue weighted by Crippen LogP contribution is -2.55. The second-order valence-electron chi connectivity index (χ2n) is 5.17. The van der Waals surface area contributed by atoms with Gasteiger partial charge in [-0.2, -0.15) is 0 Å². The number of amides is 1. The summed E-state index contributed by atoms with van der Waals surface area (Å²) in [5.41, 5.74) is 0. The van der Waals surface area contributed by atoms with Crippen LogP contribution in [0.4, 0.5) is 4.79 Å². The third-order valence-electron chi connectivity index (χ3n) is 4.00. The molecule has 1 saturated heterocycles. The first-order chi connectivity index (χ1) is 9.62. The van der Waals surface area contributed by atoms with E-state index in [-0.39, 0.29) is 24.9 Å². The van der Waals surface area contributed by atoms with E-state index >= 15 is 0 Å². The molecule has 20 heavy (non-hydrogen) atoms. The minimum absolute atomic E-state index is 0.105. The maximum atomic E-state index is 11.7. The number of carbonyl (C=O) groups excluding carboxylic acids is 2. The molecule has 2 aliphatic rings. The summed E-state index contributed by atoms with van der Waals surface area (Å²) < 4.78 is 15.9. The Bertz CT molecular complexity index is 391. The van der Waals surface area contributed by atoms with E-state index in [2.05, 4.69) is 11.9 Å². The van der Waals surface area contributed by atoms with Crippen molar-refractivity contribution >= 4 is 12.1 Å². The van der Waals surface area contributed by atoms with Gasteiger partial charge in [-0.1, -0.05) is 25.5 Å². The fraction of sp³-hybridized carbons (Fsp3) is 0.714. The molecule has 0 aromatic carbocycles. The first-order valence-electron chi connectivity index (χ1n) is 6.93. The van der Waals surface area contributed by atoms with Crippen LogP contribution in [-0.4, -0.2) is 37.6 Å². The Labute approximate surface area is 118 Å². The van der Waals surface area contributed by atoms with Gasteiger partial charge in [0.05, 0.1) is 6.42 Å². The number of hydrogen-bond donors (Lipinski definition) is 1. The summed E-state index contributed by atoms with van der Waals surface area (Å²) in [6.45, 7) is 3.60. The zero-order valence-corrected chi connectivity index (χ0v) is 11.7. The molecule has 2 rings (SSSR count). The number of rotatable bonds is 5. The molecule has 1 aliphatic carbocycles. The minimum Gasteiger partial charge on any atom is -0.445 e. The molecule has 1 N–H and O–H groups in total. The summed E-state index contributed by atoms with van der Waals surface area (Å²) in [5.74, 6) is -1.29. The Hall–Kier alpha value is -1.56. The van der Waals surface area contributed by atoms with Crippen LogP contribution in [0.5, 0.6) is 0 Å². The van der Waals surface area contributed by atoms with Crippen LogP contribution in [0, 0.1) is 5.92 Å². The highest BCUT2D eigenvalue weighted by atomic mass is 16.7. The fourth-order valence-corrected chi connectivity index (χ4v) is 3.12. The Morgan fingerprint density at radius 3 is 2.85 bits per heavy atom. The molecule has 0 bridgehead atoms. The summed E-state index contributed by atoms with van der Waals surface area (Å²) in [5, 5.41) is 2.68. The number of nitrogens with one attached hydrogen (secondary N) is 1. The fourth-order valence-electron chi connectivity index (χ4n) is 3.12. The Kier molecular flexibility index (Phi) is 4.65. The summed E-state index contributed by atoms with van der Waals surface area (Å²) in [7, 11) is 1.51. The smallest absolute Gasteiger partial charge is 0.407 e. The van der Waals surface area contributed by atoms with Crippen LogP contribution < -0.4 is 5.32 Å². The van der Waals surface area contributed by atoms with Crippen molar-refractivity contribution < 1.29 is 23.8 Å². The van der Waals surface area contributed by atoms with Gasteiger partial charge >= 0.3 is 12.1 Å². The number of methoxy groups -OCH3 is 1. The topological polar surface area (TPSA) is 73.9 Å². The van der Waals surface area contributed by atoms with E-state index in [1.807, 2.05) is 0 Å². The van der Waals surface area contributed by atoms with Crippen LogP contribution in [0.2, 0.25) is 0 Å². The quantitative estimate of drug-likeness (QED) is 0.614. The average molecular weight is 283 g/mol. The van der Waals surface area contributed by atoms with Gasteiger partial charge in [0.1, 0.15) is 12.6 Å². The molecule has 0 radical (unpaired) electrons. The second-order valence-corrected chi connectivity index (χ2v) is 5.17. The van der Waals surface area contributed by atoms with E-state index < -0.39 is 17.9 Å². The van der Waals surface area contributed by atoms with E-state index in [9.17, 15) is 9.59 Å². The van der Waals surface area contributed by atoms with Gasteiger partial charge in [0, 0.05) is 13.0 Å². The highest BCUT2D eigenvalue weighted by Crippen LogP contribution is 2.43. The van der Waals surface area contributed by atoms with Gasteiger partial charge in [-0.15, -0.1) is 0 Å². The molecule has 2 fully saturated rings. The predicted molar refractivity (Wildman–Crippen MR) is 70.9 cm³/mol. The van der Waals surface area contributed by atoms with Crippen molar-refractivity contribution in [2.75, 3.05) is 13.7 Å². The zero-order chi connectivity index (χ0) is 14.6. The summed E-state index contributed by atoms with van der Waals surface area (Å²) >= 11 is 0. The van der Waals surface area contributed by atoms with Gasteiger partial charge in [0.2, 0.25) is 5.79 Å². The van der Waals surface area contributed by atoms with Crippen LogP contribution in [0.15, 0.2) is 12.7 Å². The maximum absolute atomic E-state index is 11.7. The van der Waals surface area contributed by atoms with Crippen LogP contribution >= 0.6 is 0 Å². The summed E-state index contributed by atoms with van der Waals surface area (Å²) in [4.78, 5) is 23.3. The third kappa shape index (κ3) is 2.80. The minimum atomic E-state index is -1.05. The molecule has 1 amide bonds. The molecule has 2 unspecified atom stereocenters. The number of carbonyl (C=O) groups is 2. The van der Waals surface area contributed by atoms with Crippen LogP contribution in [0.3, 0.4) is 0 Å². The van der Waals surface area contributed by atoms with Gasteiger partial charge in [-0.3, -0.25) is 4.79 Å². The number of esters is 1. The molecule has 112 valence electrons. The van der Waals surface area contributed by atoms with Crippen LogP contribution in [0.1, 0.15) is 32.1 Å². The summed E-state index contributed by atoms with van der Waals surface area (Å²) in [6, 6.07) is -0.514. The Morgan fingerprint density at radius 1 is 1.55 bits per heavy atom. The summed E-state index contributed by atoms with van der Waals surface area (Å²) in [6.07, 6.45) is 5.03. The van der Waals surface area contributed by atoms with Crippen molar-refractivity contribution in [3.63, 3.8) is 0 Å². The second kappa shape index (κ2) is 6.26. The van der Waals surface area contributed by atoms with Gasteiger partial charge in [0.25, 0.3) is 0 Å². The maximum Gasteiger partial charge on any atom is 0.407 e. The molecule has 6 nitrogen and oxygen atoms in total. The number of hydrogen-bond acceptors (Lipinski definition) is 5. The SMILES string of the molecule is C=CCOC(=O)NC1CC(=O)OC1(OC)C1CCCC1.